The fourth-order valence-electron chi connectivity index (χ4n) is 5.78. The monoisotopic (exact) mass is 634 g/mol. The fraction of sp³-hybridized carbons (Fsp3) is 0.333. The van der Waals surface area contributed by atoms with Gasteiger partial charge in [-0.3, -0.25) is 24.3 Å². The molecule has 4 aliphatic rings. The van der Waals surface area contributed by atoms with Crippen LogP contribution in [0.4, 0.5) is 9.59 Å². The zero-order valence-electron chi connectivity index (χ0n) is 24.3. The number of hydrazine groups is 1. The van der Waals surface area contributed by atoms with Crippen molar-refractivity contribution >= 4 is 47.6 Å². The first-order valence-corrected chi connectivity index (χ1v) is 15.2. The molecule has 0 bridgehead atoms. The Morgan fingerprint density at radius 3 is 2.47 bits per heavy atom. The second-order valence-corrected chi connectivity index (χ2v) is 12.2. The average Bonchev–Trinajstić information content (AvgIpc) is 3.26. The van der Waals surface area contributed by atoms with Crippen LogP contribution in [0.2, 0.25) is 0 Å². The number of aliphatic carboxylic acids is 1. The van der Waals surface area contributed by atoms with Crippen molar-refractivity contribution in [3.05, 3.63) is 82.6 Å². The third-order valence-electron chi connectivity index (χ3n) is 8.14. The van der Waals surface area contributed by atoms with Crippen LogP contribution in [0.15, 0.2) is 65.9 Å². The number of rotatable bonds is 8. The van der Waals surface area contributed by atoms with Gasteiger partial charge in [0.1, 0.15) is 29.8 Å². The summed E-state index contributed by atoms with van der Waals surface area (Å²) in [6.07, 6.45) is 0. The molecule has 15 heteroatoms. The molecule has 5 atom stereocenters. The van der Waals surface area contributed by atoms with E-state index in [1.165, 1.54) is 23.7 Å². The Bertz CT molecular complexity index is 1620. The maximum Gasteiger partial charge on any atom is 0.352 e. The molecular weight excluding hydrogens is 604 g/mol. The van der Waals surface area contributed by atoms with Gasteiger partial charge in [0, 0.05) is 18.2 Å². The molecule has 6 rings (SSSR count). The van der Waals surface area contributed by atoms with E-state index >= 15 is 0 Å². The molecule has 4 N–H and O–H groups in total. The number of carboxylic acids is 1. The molecule has 14 nitrogen and oxygen atoms in total. The minimum atomic E-state index is -1.35. The first kappa shape index (κ1) is 30.1. The lowest BCUT2D eigenvalue weighted by Crippen LogP contribution is -2.71. The van der Waals surface area contributed by atoms with Crippen LogP contribution in [-0.4, -0.2) is 92.1 Å². The van der Waals surface area contributed by atoms with E-state index < -0.39 is 53.3 Å². The van der Waals surface area contributed by atoms with Gasteiger partial charge in [0.25, 0.3) is 5.91 Å². The molecule has 0 saturated carbocycles. The largest absolute Gasteiger partial charge is 0.477 e. The summed E-state index contributed by atoms with van der Waals surface area (Å²) in [4.78, 5) is 78.7. The van der Waals surface area contributed by atoms with Crippen LogP contribution in [0.5, 0.6) is 0 Å². The predicted molar refractivity (Wildman–Crippen MR) is 159 cm³/mol. The van der Waals surface area contributed by atoms with Crippen molar-refractivity contribution < 1.29 is 38.6 Å². The van der Waals surface area contributed by atoms with E-state index in [1.54, 1.807) is 30.3 Å². The van der Waals surface area contributed by atoms with Gasteiger partial charge < -0.3 is 20.5 Å². The molecule has 4 heterocycles. The lowest BCUT2D eigenvalue weighted by molar-refractivity contribution is -0.151. The summed E-state index contributed by atoms with van der Waals surface area (Å²) >= 11 is 1.22. The minimum absolute atomic E-state index is 0.105. The Hall–Kier alpha value is -4.89. The second kappa shape index (κ2) is 11.9. The maximum atomic E-state index is 13.6. The number of β-lactam (4-membered cyclic amide) rings is 1. The highest BCUT2D eigenvalue weighted by molar-refractivity contribution is 8.00. The quantitative estimate of drug-likeness (QED) is 0.245. The van der Waals surface area contributed by atoms with Crippen LogP contribution in [0, 0.1) is 6.92 Å². The Morgan fingerprint density at radius 2 is 1.80 bits per heavy atom. The first-order chi connectivity index (χ1) is 21.5. The number of amides is 6. The van der Waals surface area contributed by atoms with E-state index in [4.69, 9.17) is 4.74 Å². The van der Waals surface area contributed by atoms with Crippen LogP contribution in [0.1, 0.15) is 35.7 Å². The average molecular weight is 635 g/mol. The molecule has 3 saturated heterocycles. The molecule has 4 aliphatic heterocycles. The molecule has 234 valence electrons. The number of benzene rings is 2. The number of thioether (sulfide) groups is 1. The number of carboxylic acid groups (broad SMARTS) is 1. The van der Waals surface area contributed by atoms with Crippen molar-refractivity contribution in [2.24, 2.45) is 0 Å². The number of carbonyl (C=O) groups is 6. The van der Waals surface area contributed by atoms with Crippen LogP contribution < -0.4 is 16.1 Å². The number of nitrogens with zero attached hydrogens (tertiary/aromatic N) is 3. The van der Waals surface area contributed by atoms with Crippen molar-refractivity contribution in [1.82, 2.24) is 30.9 Å². The molecule has 4 unspecified atom stereocenters. The normalized spacial score (nSPS) is 24.2. The maximum absolute atomic E-state index is 13.6. The minimum Gasteiger partial charge on any atom is -0.477 e. The fourth-order valence-corrected chi connectivity index (χ4v) is 7.11. The number of ether oxygens (including phenoxy) is 1. The predicted octanol–water partition coefficient (Wildman–Crippen LogP) is 1.41. The zero-order valence-corrected chi connectivity index (χ0v) is 25.1. The highest BCUT2D eigenvalue weighted by atomic mass is 32.2. The zero-order chi connectivity index (χ0) is 32.0. The van der Waals surface area contributed by atoms with Gasteiger partial charge in [-0.1, -0.05) is 60.2 Å². The molecule has 2 aromatic rings. The Balaban J connectivity index is 1.15. The van der Waals surface area contributed by atoms with Gasteiger partial charge >= 0.3 is 24.0 Å². The van der Waals surface area contributed by atoms with Gasteiger partial charge in [-0.05, 0) is 18.1 Å². The summed E-state index contributed by atoms with van der Waals surface area (Å²) in [6, 6.07) is 12.2. The van der Waals surface area contributed by atoms with E-state index in [2.05, 4.69) is 16.1 Å². The van der Waals surface area contributed by atoms with Crippen molar-refractivity contribution in [1.29, 1.82) is 0 Å². The van der Waals surface area contributed by atoms with Gasteiger partial charge in [-0.15, -0.1) is 11.8 Å². The van der Waals surface area contributed by atoms with Crippen molar-refractivity contribution in [3.8, 4) is 0 Å². The van der Waals surface area contributed by atoms with Gasteiger partial charge in [0.2, 0.25) is 5.91 Å². The third-order valence-corrected chi connectivity index (χ3v) is 9.48. The molecular formula is C30H30N6O8S. The topological polar surface area (TPSA) is 178 Å². The number of carbonyl (C=O) groups excluding carboxylic acids is 5. The number of esters is 1. The molecule has 6 amide bonds. The van der Waals surface area contributed by atoms with Crippen molar-refractivity contribution in [2.45, 2.75) is 43.4 Å². The molecule has 45 heavy (non-hydrogen) atoms. The van der Waals surface area contributed by atoms with E-state index in [0.29, 0.717) is 5.56 Å². The number of hydrogen-bond donors (Lipinski definition) is 4. The van der Waals surface area contributed by atoms with Crippen LogP contribution in [0.3, 0.4) is 0 Å². The summed E-state index contributed by atoms with van der Waals surface area (Å²) in [7, 11) is 0. The number of hydrogen-bond acceptors (Lipinski definition) is 9. The van der Waals surface area contributed by atoms with Crippen LogP contribution in [-0.2, 0) is 23.9 Å². The van der Waals surface area contributed by atoms with Crippen LogP contribution in [0.25, 0.3) is 0 Å². The van der Waals surface area contributed by atoms with E-state index in [-0.39, 0.29) is 42.3 Å². The van der Waals surface area contributed by atoms with Crippen molar-refractivity contribution in [2.75, 3.05) is 18.9 Å². The first-order valence-electron chi connectivity index (χ1n) is 14.2. The third kappa shape index (κ3) is 5.48. The Kier molecular flexibility index (Phi) is 7.97. The molecule has 2 aromatic carbocycles. The number of urea groups is 2. The van der Waals surface area contributed by atoms with E-state index in [1.807, 2.05) is 31.2 Å². The lowest BCUT2D eigenvalue weighted by Gasteiger charge is -2.49. The SMILES string of the molecule is CC(=O)OCC1=C(C(=O)O)N2C(=O)C(NC(=O)C(NC(=O)N3CC4C(c5ccc(C)cc5)NN4C3=O)c3ccccc3)[C@@H]2SC1. The van der Waals surface area contributed by atoms with Gasteiger partial charge in [-0.2, -0.15) is 0 Å². The highest BCUT2D eigenvalue weighted by Crippen LogP contribution is 2.41. The number of imide groups is 1. The lowest BCUT2D eigenvalue weighted by atomic mass is 9.96. The number of aryl methyl sites for hydroxylation is 1. The van der Waals surface area contributed by atoms with E-state index in [0.717, 1.165) is 20.9 Å². The van der Waals surface area contributed by atoms with E-state index in [9.17, 15) is 33.9 Å². The standard InChI is InChI=1S/C30H30N6O8S/c1-15-8-10-18(11-9-15)21-20-12-34(30(43)36(20)33-21)29(42)32-22(17-6-4-3-5-7-17)25(38)31-23-26(39)35-24(28(40)41)19(13-44-16(2)37)14-45-27(23)35/h3-11,20-23,27,33H,12-14H2,1-2H3,(H,31,38)(H,32,42)(H,40,41)/t20?,21?,22?,23?,27-/m0/s1. The van der Waals surface area contributed by atoms with Gasteiger partial charge in [-0.25, -0.2) is 24.7 Å². The molecule has 3 fully saturated rings. The smallest absolute Gasteiger partial charge is 0.352 e. The molecule has 0 aromatic heterocycles. The van der Waals surface area contributed by atoms with Gasteiger partial charge in [0.15, 0.2) is 0 Å². The summed E-state index contributed by atoms with van der Waals surface area (Å²) in [6.45, 7) is 3.01. The number of fused-ring (bicyclic) bond motifs is 2. The summed E-state index contributed by atoms with van der Waals surface area (Å²) in [5.41, 5.74) is 5.58. The molecule has 0 radical (unpaired) electrons. The second-order valence-electron chi connectivity index (χ2n) is 11.1. The van der Waals surface area contributed by atoms with Gasteiger partial charge in [0.05, 0.1) is 18.6 Å². The Morgan fingerprint density at radius 1 is 1.09 bits per heavy atom. The van der Waals surface area contributed by atoms with Crippen LogP contribution >= 0.6 is 11.8 Å². The molecule has 0 aliphatic carbocycles. The summed E-state index contributed by atoms with van der Waals surface area (Å²) < 4.78 is 4.96. The molecule has 0 spiro atoms. The number of nitrogens with one attached hydrogen (secondary N) is 3. The van der Waals surface area contributed by atoms with Crippen molar-refractivity contribution in [3.63, 3.8) is 0 Å². The Labute approximate surface area is 261 Å². The summed E-state index contributed by atoms with van der Waals surface area (Å²) in [5.74, 6) is -3.12. The summed E-state index contributed by atoms with van der Waals surface area (Å²) in [5, 5.41) is 15.8. The highest BCUT2D eigenvalue weighted by Gasteiger charge is 2.55.